The van der Waals surface area contributed by atoms with Crippen LogP contribution in [0.2, 0.25) is 0 Å². The number of rotatable bonds is 3. The highest BCUT2D eigenvalue weighted by atomic mass is 32.1. The first-order valence-electron chi connectivity index (χ1n) is 5.36. The molecule has 1 aliphatic rings. The Morgan fingerprint density at radius 3 is 3.00 bits per heavy atom. The molecule has 1 aliphatic heterocycles. The Morgan fingerprint density at radius 2 is 2.33 bits per heavy atom. The molecule has 2 heterocycles. The monoisotopic (exact) mass is 268 g/mol. The third-order valence-corrected chi connectivity index (χ3v) is 3.80. The van der Waals surface area contributed by atoms with Crippen LogP contribution in [-0.2, 0) is 16.1 Å². The van der Waals surface area contributed by atoms with E-state index in [9.17, 15) is 14.4 Å². The van der Waals surface area contributed by atoms with Gasteiger partial charge >= 0.3 is 5.97 Å². The lowest BCUT2D eigenvalue weighted by molar-refractivity contribution is -0.139. The van der Waals surface area contributed by atoms with Crippen molar-refractivity contribution < 1.29 is 19.5 Å². The van der Waals surface area contributed by atoms with Crippen molar-refractivity contribution in [3.05, 3.63) is 21.9 Å². The summed E-state index contributed by atoms with van der Waals surface area (Å²) in [5.74, 6) is -1.69. The molecule has 18 heavy (non-hydrogen) atoms. The van der Waals surface area contributed by atoms with E-state index in [1.54, 1.807) is 23.3 Å². The van der Waals surface area contributed by atoms with Crippen LogP contribution in [0.15, 0.2) is 11.4 Å². The molecular formula is C11H12N2O4S. The minimum atomic E-state index is -0.986. The number of thiophene rings is 1. The van der Waals surface area contributed by atoms with Crippen molar-refractivity contribution in [2.75, 3.05) is 6.54 Å². The molecule has 0 saturated carbocycles. The zero-order valence-corrected chi connectivity index (χ0v) is 10.5. The van der Waals surface area contributed by atoms with Gasteiger partial charge in [0.05, 0.1) is 12.6 Å². The summed E-state index contributed by atoms with van der Waals surface area (Å²) in [6.07, 6.45) is 0. The summed E-state index contributed by atoms with van der Waals surface area (Å²) in [7, 11) is 0. The predicted octanol–water partition coefficient (Wildman–Crippen LogP) is 0.293. The van der Waals surface area contributed by atoms with E-state index < -0.39 is 12.0 Å². The van der Waals surface area contributed by atoms with Gasteiger partial charge in [0.15, 0.2) is 0 Å². The van der Waals surface area contributed by atoms with Crippen LogP contribution in [-0.4, -0.2) is 40.4 Å². The molecular weight excluding hydrogens is 256 g/mol. The SMILES string of the molecule is CC1C(=O)NC(=O)CN1Cc1ccsc1C(=O)O. The smallest absolute Gasteiger partial charge is 0.346 e. The topological polar surface area (TPSA) is 86.7 Å². The fraction of sp³-hybridized carbons (Fsp3) is 0.364. The molecule has 0 spiro atoms. The van der Waals surface area contributed by atoms with Gasteiger partial charge in [-0.25, -0.2) is 4.79 Å². The van der Waals surface area contributed by atoms with E-state index in [2.05, 4.69) is 5.32 Å². The van der Waals surface area contributed by atoms with Crippen molar-refractivity contribution in [1.82, 2.24) is 10.2 Å². The number of imide groups is 1. The van der Waals surface area contributed by atoms with E-state index in [-0.39, 0.29) is 29.8 Å². The summed E-state index contributed by atoms with van der Waals surface area (Å²) in [6, 6.07) is 1.27. The fourth-order valence-electron chi connectivity index (χ4n) is 1.83. The Labute approximate surface area is 107 Å². The Bertz CT molecular complexity index is 511. The van der Waals surface area contributed by atoms with Crippen molar-refractivity contribution in [1.29, 1.82) is 0 Å². The first-order valence-corrected chi connectivity index (χ1v) is 6.24. The predicted molar refractivity (Wildman–Crippen MR) is 64.3 cm³/mol. The van der Waals surface area contributed by atoms with Gasteiger partial charge in [0, 0.05) is 6.54 Å². The molecule has 2 amide bonds. The van der Waals surface area contributed by atoms with E-state index in [4.69, 9.17) is 5.11 Å². The first-order chi connectivity index (χ1) is 8.49. The summed E-state index contributed by atoms with van der Waals surface area (Å²) < 4.78 is 0. The number of carbonyl (C=O) groups is 3. The lowest BCUT2D eigenvalue weighted by Gasteiger charge is -2.31. The lowest BCUT2D eigenvalue weighted by atomic mass is 10.1. The van der Waals surface area contributed by atoms with Crippen LogP contribution >= 0.6 is 11.3 Å². The summed E-state index contributed by atoms with van der Waals surface area (Å²) in [5.41, 5.74) is 0.627. The van der Waals surface area contributed by atoms with Gasteiger partial charge in [0.2, 0.25) is 11.8 Å². The second-order valence-electron chi connectivity index (χ2n) is 4.07. The number of nitrogens with one attached hydrogen (secondary N) is 1. The molecule has 2 N–H and O–H groups in total. The van der Waals surface area contributed by atoms with E-state index in [1.165, 1.54) is 0 Å². The molecule has 1 aromatic heterocycles. The summed E-state index contributed by atoms with van der Waals surface area (Å²) in [4.78, 5) is 35.7. The van der Waals surface area contributed by atoms with Crippen molar-refractivity contribution >= 4 is 29.1 Å². The van der Waals surface area contributed by atoms with E-state index in [0.717, 1.165) is 11.3 Å². The minimum Gasteiger partial charge on any atom is -0.477 e. The minimum absolute atomic E-state index is 0.0990. The summed E-state index contributed by atoms with van der Waals surface area (Å²) in [5, 5.41) is 12.9. The highest BCUT2D eigenvalue weighted by molar-refractivity contribution is 7.12. The molecule has 96 valence electrons. The zero-order valence-electron chi connectivity index (χ0n) is 9.67. The van der Waals surface area contributed by atoms with Crippen LogP contribution in [0.3, 0.4) is 0 Å². The molecule has 0 aromatic carbocycles. The van der Waals surface area contributed by atoms with Gasteiger partial charge in [-0.2, -0.15) is 0 Å². The van der Waals surface area contributed by atoms with Crippen LogP contribution in [0.4, 0.5) is 0 Å². The third-order valence-electron chi connectivity index (χ3n) is 2.85. The van der Waals surface area contributed by atoms with Crippen molar-refractivity contribution in [2.24, 2.45) is 0 Å². The summed E-state index contributed by atoms with van der Waals surface area (Å²) >= 11 is 1.14. The molecule has 2 rings (SSSR count). The van der Waals surface area contributed by atoms with E-state index in [1.807, 2.05) is 0 Å². The van der Waals surface area contributed by atoms with Gasteiger partial charge in [-0.1, -0.05) is 0 Å². The molecule has 0 aliphatic carbocycles. The number of carboxylic acid groups (broad SMARTS) is 1. The second kappa shape index (κ2) is 4.87. The molecule has 1 atom stereocenters. The maximum absolute atomic E-state index is 11.5. The molecule has 7 heteroatoms. The number of carboxylic acids is 1. The van der Waals surface area contributed by atoms with Crippen LogP contribution in [0.1, 0.15) is 22.2 Å². The molecule has 6 nitrogen and oxygen atoms in total. The fourth-order valence-corrected chi connectivity index (χ4v) is 2.58. The average Bonchev–Trinajstić information content (AvgIpc) is 2.73. The van der Waals surface area contributed by atoms with Crippen LogP contribution in [0.25, 0.3) is 0 Å². The van der Waals surface area contributed by atoms with Gasteiger partial charge in [0.1, 0.15) is 4.88 Å². The number of piperazine rings is 1. The Balaban J connectivity index is 2.17. The quantitative estimate of drug-likeness (QED) is 0.770. The first kappa shape index (κ1) is 12.7. The van der Waals surface area contributed by atoms with E-state index >= 15 is 0 Å². The molecule has 1 aromatic rings. The van der Waals surface area contributed by atoms with Crippen LogP contribution in [0, 0.1) is 0 Å². The van der Waals surface area contributed by atoms with Crippen molar-refractivity contribution in [2.45, 2.75) is 19.5 Å². The van der Waals surface area contributed by atoms with Gasteiger partial charge in [-0.05, 0) is 23.9 Å². The largest absolute Gasteiger partial charge is 0.477 e. The number of hydrogen-bond acceptors (Lipinski definition) is 5. The normalized spacial score (nSPS) is 20.8. The van der Waals surface area contributed by atoms with Gasteiger partial charge < -0.3 is 5.11 Å². The standard InChI is InChI=1S/C11H12N2O4S/c1-6-10(15)12-8(14)5-13(6)4-7-2-3-18-9(7)11(16)17/h2-3,6H,4-5H2,1H3,(H,16,17)(H,12,14,15). The molecule has 0 radical (unpaired) electrons. The highest BCUT2D eigenvalue weighted by Crippen LogP contribution is 2.20. The Morgan fingerprint density at radius 1 is 1.61 bits per heavy atom. The zero-order chi connectivity index (χ0) is 13.3. The number of aromatic carboxylic acids is 1. The third kappa shape index (κ3) is 2.41. The maximum atomic E-state index is 11.5. The van der Waals surface area contributed by atoms with Crippen LogP contribution in [0.5, 0.6) is 0 Å². The maximum Gasteiger partial charge on any atom is 0.346 e. The number of carbonyl (C=O) groups excluding carboxylic acids is 2. The van der Waals surface area contributed by atoms with Crippen molar-refractivity contribution in [3.63, 3.8) is 0 Å². The second-order valence-corrected chi connectivity index (χ2v) is 4.99. The molecule has 1 saturated heterocycles. The Hall–Kier alpha value is -1.73. The van der Waals surface area contributed by atoms with Gasteiger partial charge in [-0.15, -0.1) is 11.3 Å². The number of hydrogen-bond donors (Lipinski definition) is 2. The number of nitrogens with zero attached hydrogens (tertiary/aromatic N) is 1. The van der Waals surface area contributed by atoms with Gasteiger partial charge in [0.25, 0.3) is 0 Å². The van der Waals surface area contributed by atoms with Crippen molar-refractivity contribution in [3.8, 4) is 0 Å². The summed E-state index contributed by atoms with van der Waals surface area (Å²) in [6.45, 7) is 2.07. The Kier molecular flexibility index (Phi) is 3.44. The molecule has 0 bridgehead atoms. The van der Waals surface area contributed by atoms with Gasteiger partial charge in [-0.3, -0.25) is 19.8 Å². The lowest BCUT2D eigenvalue weighted by Crippen LogP contribution is -2.56. The highest BCUT2D eigenvalue weighted by Gasteiger charge is 2.30. The molecule has 1 unspecified atom stereocenters. The van der Waals surface area contributed by atoms with E-state index in [0.29, 0.717) is 5.56 Å². The van der Waals surface area contributed by atoms with Crippen LogP contribution < -0.4 is 5.32 Å². The number of amides is 2. The molecule has 1 fully saturated rings. The average molecular weight is 268 g/mol.